The summed E-state index contributed by atoms with van der Waals surface area (Å²) in [6.07, 6.45) is -1.17. The van der Waals surface area contributed by atoms with Crippen LogP contribution in [0.5, 0.6) is 0 Å². The first-order valence-electron chi connectivity index (χ1n) is 9.26. The van der Waals surface area contributed by atoms with Crippen LogP contribution in [-0.4, -0.2) is 36.7 Å². The molecule has 2 heterocycles. The quantitative estimate of drug-likeness (QED) is 0.300. The maximum Gasteiger partial charge on any atom is 0.341 e. The fraction of sp³-hybridized carbons (Fsp3) is 0.182. The number of methoxy groups -OCH3 is 1. The number of hydrogen-bond donors (Lipinski definition) is 2. The van der Waals surface area contributed by atoms with E-state index in [2.05, 4.69) is 10.6 Å². The second-order valence-corrected chi connectivity index (χ2v) is 8.53. The molecule has 31 heavy (non-hydrogen) atoms. The molecule has 0 fully saturated rings. The highest BCUT2D eigenvalue weighted by molar-refractivity contribution is 7.18. The van der Waals surface area contributed by atoms with Crippen molar-refractivity contribution in [3.8, 4) is 0 Å². The minimum absolute atomic E-state index is 0.161. The number of nitrogens with one attached hydrogen (secondary N) is 2. The summed E-state index contributed by atoms with van der Waals surface area (Å²) in [5.41, 5.74) is 1.00. The number of amides is 1. The lowest BCUT2D eigenvalue weighted by molar-refractivity contribution is 0.0601. The Kier molecular flexibility index (Phi) is 6.98. The molecule has 1 aromatic carbocycles. The van der Waals surface area contributed by atoms with Crippen LogP contribution in [0, 0.1) is 6.92 Å². The number of ether oxygens (including phenoxy) is 1. The van der Waals surface area contributed by atoms with Crippen molar-refractivity contribution < 1.29 is 23.9 Å². The lowest BCUT2D eigenvalue weighted by Gasteiger charge is -2.20. The molecule has 0 bridgehead atoms. The van der Waals surface area contributed by atoms with Crippen LogP contribution in [0.25, 0.3) is 0 Å². The SMILES string of the molecule is COC(=O)c1c(N[C@@H](NC(=O)c2cccs2)C(=O)c2ccccc2)sc(C(C)=O)c1C. The first-order valence-corrected chi connectivity index (χ1v) is 11.0. The molecule has 160 valence electrons. The molecule has 0 radical (unpaired) electrons. The third-order valence-electron chi connectivity index (χ3n) is 4.47. The fourth-order valence-electron chi connectivity index (χ4n) is 2.98. The maximum atomic E-state index is 13.2. The normalized spacial score (nSPS) is 11.5. The van der Waals surface area contributed by atoms with Crippen molar-refractivity contribution in [2.45, 2.75) is 20.0 Å². The van der Waals surface area contributed by atoms with Crippen LogP contribution in [0.4, 0.5) is 5.00 Å². The zero-order valence-corrected chi connectivity index (χ0v) is 18.7. The second kappa shape index (κ2) is 9.67. The molecule has 0 saturated heterocycles. The summed E-state index contributed by atoms with van der Waals surface area (Å²) >= 11 is 2.28. The summed E-state index contributed by atoms with van der Waals surface area (Å²) in [6.45, 7) is 3.04. The van der Waals surface area contributed by atoms with Crippen LogP contribution < -0.4 is 10.6 Å². The van der Waals surface area contributed by atoms with E-state index in [1.807, 2.05) is 0 Å². The highest BCUT2D eigenvalue weighted by atomic mass is 32.1. The van der Waals surface area contributed by atoms with Crippen LogP contribution >= 0.6 is 22.7 Å². The number of hydrogen-bond acceptors (Lipinski definition) is 8. The number of carbonyl (C=O) groups excluding carboxylic acids is 4. The van der Waals surface area contributed by atoms with Crippen LogP contribution in [0.2, 0.25) is 0 Å². The van der Waals surface area contributed by atoms with Gasteiger partial charge >= 0.3 is 5.97 Å². The summed E-state index contributed by atoms with van der Waals surface area (Å²) in [5, 5.41) is 7.68. The van der Waals surface area contributed by atoms with E-state index in [0.717, 1.165) is 11.3 Å². The van der Waals surface area contributed by atoms with Crippen molar-refractivity contribution >= 4 is 51.1 Å². The van der Waals surface area contributed by atoms with Gasteiger partial charge in [0, 0.05) is 5.56 Å². The van der Waals surface area contributed by atoms with Crippen molar-refractivity contribution in [3.63, 3.8) is 0 Å². The van der Waals surface area contributed by atoms with E-state index in [9.17, 15) is 19.2 Å². The molecule has 0 spiro atoms. The van der Waals surface area contributed by atoms with E-state index in [1.54, 1.807) is 54.8 Å². The van der Waals surface area contributed by atoms with Gasteiger partial charge < -0.3 is 15.4 Å². The van der Waals surface area contributed by atoms with Crippen molar-refractivity contribution in [1.29, 1.82) is 0 Å². The number of esters is 1. The predicted molar refractivity (Wildman–Crippen MR) is 120 cm³/mol. The number of thiophene rings is 2. The smallest absolute Gasteiger partial charge is 0.341 e. The Morgan fingerprint density at radius 2 is 1.74 bits per heavy atom. The zero-order valence-electron chi connectivity index (χ0n) is 17.1. The van der Waals surface area contributed by atoms with Crippen LogP contribution in [0.1, 0.15) is 52.5 Å². The van der Waals surface area contributed by atoms with E-state index in [4.69, 9.17) is 4.74 Å². The molecule has 0 unspecified atom stereocenters. The largest absolute Gasteiger partial charge is 0.465 e. The topological polar surface area (TPSA) is 102 Å². The average Bonchev–Trinajstić information content (AvgIpc) is 3.41. The van der Waals surface area contributed by atoms with Gasteiger partial charge in [0.15, 0.2) is 11.9 Å². The van der Waals surface area contributed by atoms with Crippen LogP contribution in [0.15, 0.2) is 47.8 Å². The standard InChI is InChI=1S/C22H20N2O5S2/c1-12-16(22(28)29-3)21(31-18(12)13(2)25)24-19(17(26)14-8-5-4-6-9-14)23-20(27)15-10-7-11-30-15/h4-11,19,24H,1-3H3,(H,23,27)/t19-/m1/s1. The van der Waals surface area contributed by atoms with Gasteiger partial charge in [-0.3, -0.25) is 14.4 Å². The molecule has 3 aromatic rings. The molecule has 2 aromatic heterocycles. The molecule has 1 atom stereocenters. The molecular formula is C22H20N2O5S2. The minimum Gasteiger partial charge on any atom is -0.465 e. The number of carbonyl (C=O) groups is 4. The third-order valence-corrected chi connectivity index (χ3v) is 6.66. The molecule has 3 rings (SSSR count). The van der Waals surface area contributed by atoms with Crippen molar-refractivity contribution in [1.82, 2.24) is 5.32 Å². The minimum atomic E-state index is -1.17. The van der Waals surface area contributed by atoms with E-state index >= 15 is 0 Å². The van der Waals surface area contributed by atoms with Gasteiger partial charge in [0.25, 0.3) is 5.91 Å². The Labute approximate surface area is 187 Å². The summed E-state index contributed by atoms with van der Waals surface area (Å²) < 4.78 is 4.86. The van der Waals surface area contributed by atoms with Gasteiger partial charge in [-0.2, -0.15) is 0 Å². The lowest BCUT2D eigenvalue weighted by atomic mass is 10.1. The van der Waals surface area contributed by atoms with Gasteiger partial charge in [0.05, 0.1) is 22.4 Å². The van der Waals surface area contributed by atoms with Crippen molar-refractivity contribution in [2.75, 3.05) is 12.4 Å². The summed E-state index contributed by atoms with van der Waals surface area (Å²) in [4.78, 5) is 51.0. The Hall–Kier alpha value is -3.30. The van der Waals surface area contributed by atoms with Gasteiger partial charge in [-0.1, -0.05) is 36.4 Å². The number of anilines is 1. The fourth-order valence-corrected chi connectivity index (χ4v) is 4.72. The number of rotatable bonds is 8. The molecule has 9 heteroatoms. The van der Waals surface area contributed by atoms with Gasteiger partial charge in [-0.25, -0.2) is 4.79 Å². The monoisotopic (exact) mass is 456 g/mol. The van der Waals surface area contributed by atoms with E-state index in [1.165, 1.54) is 25.4 Å². The lowest BCUT2D eigenvalue weighted by Crippen LogP contribution is -2.46. The van der Waals surface area contributed by atoms with Gasteiger partial charge in [-0.05, 0) is 30.9 Å². The molecular weight excluding hydrogens is 436 g/mol. The molecule has 0 saturated carbocycles. The van der Waals surface area contributed by atoms with E-state index in [0.29, 0.717) is 20.9 Å². The summed E-state index contributed by atoms with van der Waals surface area (Å²) in [6, 6.07) is 11.9. The Morgan fingerprint density at radius 1 is 1.03 bits per heavy atom. The second-order valence-electron chi connectivity index (χ2n) is 6.57. The predicted octanol–water partition coefficient (Wildman–Crippen LogP) is 4.16. The average molecular weight is 457 g/mol. The molecule has 0 aliphatic rings. The first-order chi connectivity index (χ1) is 14.8. The van der Waals surface area contributed by atoms with Gasteiger partial charge in [0.1, 0.15) is 5.00 Å². The molecule has 1 amide bonds. The molecule has 0 aliphatic heterocycles. The summed E-state index contributed by atoms with van der Waals surface area (Å²) in [7, 11) is 1.24. The molecule has 7 nitrogen and oxygen atoms in total. The van der Waals surface area contributed by atoms with Gasteiger partial charge in [-0.15, -0.1) is 22.7 Å². The Morgan fingerprint density at radius 3 is 2.32 bits per heavy atom. The van der Waals surface area contributed by atoms with E-state index in [-0.39, 0.29) is 16.3 Å². The van der Waals surface area contributed by atoms with Gasteiger partial charge in [0.2, 0.25) is 5.78 Å². The number of benzene rings is 1. The maximum absolute atomic E-state index is 13.2. The number of Topliss-reactive ketones (excluding diaryl/α,β-unsaturated/α-hetero) is 2. The summed E-state index contributed by atoms with van der Waals surface area (Å²) in [5.74, 6) is -1.68. The zero-order chi connectivity index (χ0) is 22.5. The van der Waals surface area contributed by atoms with E-state index < -0.39 is 23.8 Å². The number of ketones is 2. The highest BCUT2D eigenvalue weighted by Gasteiger charge is 2.29. The highest BCUT2D eigenvalue weighted by Crippen LogP contribution is 2.34. The third kappa shape index (κ3) is 4.89. The van der Waals surface area contributed by atoms with Crippen molar-refractivity contribution in [3.05, 3.63) is 74.3 Å². The molecule has 0 aliphatic carbocycles. The van der Waals surface area contributed by atoms with Crippen LogP contribution in [-0.2, 0) is 4.74 Å². The van der Waals surface area contributed by atoms with Crippen LogP contribution in [0.3, 0.4) is 0 Å². The Balaban J connectivity index is 2.01. The van der Waals surface area contributed by atoms with Crippen molar-refractivity contribution in [2.24, 2.45) is 0 Å². The first kappa shape index (κ1) is 22.4. The molecule has 2 N–H and O–H groups in total. The Bertz CT molecular complexity index is 1120.